The summed E-state index contributed by atoms with van der Waals surface area (Å²) >= 11 is 0. The number of nitrogens with zero attached hydrogens (tertiary/aromatic N) is 2. The highest BCUT2D eigenvalue weighted by molar-refractivity contribution is 5.90. The number of hydrogen-bond donors (Lipinski definition) is 2. The van der Waals surface area contributed by atoms with E-state index in [-0.39, 0.29) is 5.92 Å². The van der Waals surface area contributed by atoms with Crippen molar-refractivity contribution >= 4 is 5.91 Å². The van der Waals surface area contributed by atoms with Crippen molar-refractivity contribution in [2.75, 3.05) is 0 Å². The normalized spacial score (nSPS) is 14.1. The fourth-order valence-corrected chi connectivity index (χ4v) is 1.23. The molecule has 2 unspecified atom stereocenters. The van der Waals surface area contributed by atoms with E-state index in [1.807, 2.05) is 13.8 Å². The molecule has 0 bridgehead atoms. The van der Waals surface area contributed by atoms with E-state index in [0.717, 1.165) is 6.42 Å². The van der Waals surface area contributed by atoms with E-state index in [2.05, 4.69) is 27.1 Å². The summed E-state index contributed by atoms with van der Waals surface area (Å²) in [6.07, 6.45) is 0.930. The van der Waals surface area contributed by atoms with Crippen LogP contribution in [0.1, 0.15) is 50.8 Å². The van der Waals surface area contributed by atoms with Gasteiger partial charge in [0, 0.05) is 5.92 Å². The first-order chi connectivity index (χ1) is 7.95. The van der Waals surface area contributed by atoms with Crippen molar-refractivity contribution in [2.45, 2.75) is 39.2 Å². The van der Waals surface area contributed by atoms with E-state index in [9.17, 15) is 9.18 Å². The molecule has 0 radical (unpaired) electrons. The first-order valence-corrected chi connectivity index (χ1v) is 5.53. The summed E-state index contributed by atoms with van der Waals surface area (Å²) in [5.41, 5.74) is 0. The van der Waals surface area contributed by atoms with Crippen molar-refractivity contribution in [1.29, 1.82) is 0 Å². The largest absolute Gasteiger partial charge is 0.340 e. The Morgan fingerprint density at radius 2 is 2.24 bits per heavy atom. The van der Waals surface area contributed by atoms with Crippen LogP contribution in [-0.4, -0.2) is 21.1 Å². The molecule has 0 aliphatic heterocycles. The van der Waals surface area contributed by atoms with Gasteiger partial charge in [0.15, 0.2) is 11.7 Å². The molecule has 6 heteroatoms. The lowest BCUT2D eigenvalue weighted by Crippen LogP contribution is -2.27. The molecular formula is C11H17FN4O. The van der Waals surface area contributed by atoms with E-state index in [1.54, 1.807) is 6.92 Å². The highest BCUT2D eigenvalue weighted by Crippen LogP contribution is 2.16. The molecule has 0 aliphatic rings. The van der Waals surface area contributed by atoms with Gasteiger partial charge in [-0.25, -0.2) is 9.37 Å². The quantitative estimate of drug-likeness (QED) is 0.773. The number of amides is 1. The zero-order valence-corrected chi connectivity index (χ0v) is 10.2. The third-order valence-corrected chi connectivity index (χ3v) is 2.58. The summed E-state index contributed by atoms with van der Waals surface area (Å²) in [5.74, 6) is -0.394. The minimum atomic E-state index is -1.02. The van der Waals surface area contributed by atoms with Gasteiger partial charge >= 0.3 is 0 Å². The Hall–Kier alpha value is -1.72. The molecule has 0 saturated heterocycles. The number of rotatable bonds is 5. The Morgan fingerprint density at radius 1 is 1.59 bits per heavy atom. The Kier molecular flexibility index (Phi) is 4.37. The molecule has 0 aliphatic carbocycles. The lowest BCUT2D eigenvalue weighted by molar-refractivity contribution is -0.119. The summed E-state index contributed by atoms with van der Waals surface area (Å²) in [6, 6.07) is -0.430. The molecule has 1 heterocycles. The Balaban J connectivity index is 2.70. The highest BCUT2D eigenvalue weighted by Gasteiger charge is 2.17. The van der Waals surface area contributed by atoms with Crippen LogP contribution in [0.15, 0.2) is 12.4 Å². The van der Waals surface area contributed by atoms with Gasteiger partial charge in [0.1, 0.15) is 5.82 Å². The molecule has 17 heavy (non-hydrogen) atoms. The molecule has 5 nitrogen and oxygen atoms in total. The third kappa shape index (κ3) is 3.37. The fraction of sp³-hybridized carbons (Fsp3) is 0.545. The maximum atomic E-state index is 12.5. The minimum absolute atomic E-state index is 0.249. The first-order valence-electron chi connectivity index (χ1n) is 5.53. The number of carbonyl (C=O) groups excluding carboxylic acids is 1. The number of nitrogens with one attached hydrogen (secondary N) is 2. The third-order valence-electron chi connectivity index (χ3n) is 2.58. The number of aromatic nitrogens is 3. The number of aromatic amines is 1. The second-order valence-electron chi connectivity index (χ2n) is 3.99. The fourth-order valence-electron chi connectivity index (χ4n) is 1.23. The van der Waals surface area contributed by atoms with Gasteiger partial charge in [-0.3, -0.25) is 9.89 Å². The van der Waals surface area contributed by atoms with Crippen LogP contribution in [0.2, 0.25) is 0 Å². The Bertz CT molecular complexity index is 415. The zero-order chi connectivity index (χ0) is 13.0. The smallest absolute Gasteiger partial charge is 0.279 e. The summed E-state index contributed by atoms with van der Waals surface area (Å²) in [5, 5.41) is 9.21. The van der Waals surface area contributed by atoms with E-state index in [0.29, 0.717) is 11.6 Å². The first kappa shape index (κ1) is 13.3. The molecule has 94 valence electrons. The number of halogens is 1. The summed E-state index contributed by atoms with van der Waals surface area (Å²) in [4.78, 5) is 15.3. The van der Waals surface area contributed by atoms with Crippen LogP contribution in [0.3, 0.4) is 0 Å². The number of H-pyrrole nitrogens is 1. The van der Waals surface area contributed by atoms with Crippen molar-refractivity contribution in [3.05, 3.63) is 24.1 Å². The average molecular weight is 240 g/mol. The van der Waals surface area contributed by atoms with Gasteiger partial charge < -0.3 is 5.32 Å². The minimum Gasteiger partial charge on any atom is -0.340 e. The van der Waals surface area contributed by atoms with Crippen LogP contribution >= 0.6 is 0 Å². The molecule has 1 aromatic heterocycles. The second kappa shape index (κ2) is 5.56. The van der Waals surface area contributed by atoms with Crippen LogP contribution in [0, 0.1) is 0 Å². The van der Waals surface area contributed by atoms with Crippen molar-refractivity contribution < 1.29 is 9.18 Å². The van der Waals surface area contributed by atoms with Crippen molar-refractivity contribution in [3.8, 4) is 0 Å². The van der Waals surface area contributed by atoms with Crippen LogP contribution in [0.5, 0.6) is 0 Å². The van der Waals surface area contributed by atoms with Gasteiger partial charge in [-0.05, 0) is 13.3 Å². The van der Waals surface area contributed by atoms with Gasteiger partial charge in [0.05, 0.1) is 6.04 Å². The molecule has 1 aromatic rings. The molecule has 0 spiro atoms. The zero-order valence-electron chi connectivity index (χ0n) is 10.2. The van der Waals surface area contributed by atoms with E-state index in [4.69, 9.17) is 0 Å². The van der Waals surface area contributed by atoms with Crippen LogP contribution in [0.25, 0.3) is 0 Å². The van der Waals surface area contributed by atoms with Gasteiger partial charge in [0.25, 0.3) is 5.91 Å². The van der Waals surface area contributed by atoms with E-state index in [1.165, 1.54) is 0 Å². The molecule has 1 rings (SSSR count). The maximum absolute atomic E-state index is 12.5. The number of carbonyl (C=O) groups is 1. The molecular weight excluding hydrogens is 223 g/mol. The highest BCUT2D eigenvalue weighted by atomic mass is 19.1. The monoisotopic (exact) mass is 240 g/mol. The van der Waals surface area contributed by atoms with Crippen molar-refractivity contribution in [3.63, 3.8) is 0 Å². The van der Waals surface area contributed by atoms with E-state index >= 15 is 0 Å². The Morgan fingerprint density at radius 3 is 2.76 bits per heavy atom. The predicted octanol–water partition coefficient (Wildman–Crippen LogP) is 1.98. The van der Waals surface area contributed by atoms with Crippen molar-refractivity contribution in [2.24, 2.45) is 0 Å². The average Bonchev–Trinajstić information content (AvgIpc) is 2.77. The summed E-state index contributed by atoms with van der Waals surface area (Å²) in [6.45, 7) is 8.67. The summed E-state index contributed by atoms with van der Waals surface area (Å²) in [7, 11) is 0. The lowest BCUT2D eigenvalue weighted by Gasteiger charge is -2.09. The molecule has 1 amide bonds. The van der Waals surface area contributed by atoms with Crippen LogP contribution in [0.4, 0.5) is 4.39 Å². The Labute approximate surface area is 99.5 Å². The predicted molar refractivity (Wildman–Crippen MR) is 61.9 cm³/mol. The molecule has 0 fully saturated rings. The SMILES string of the molecule is C=C(F)C(=O)NC(C)c1nc(C(C)CC)n[nH]1. The maximum Gasteiger partial charge on any atom is 0.279 e. The second-order valence-corrected chi connectivity index (χ2v) is 3.99. The number of hydrogen-bond acceptors (Lipinski definition) is 3. The van der Waals surface area contributed by atoms with Crippen LogP contribution < -0.4 is 5.32 Å². The van der Waals surface area contributed by atoms with Gasteiger partial charge in [-0.1, -0.05) is 20.4 Å². The lowest BCUT2D eigenvalue weighted by atomic mass is 10.1. The summed E-state index contributed by atoms with van der Waals surface area (Å²) < 4.78 is 12.5. The van der Waals surface area contributed by atoms with Gasteiger partial charge in [-0.15, -0.1) is 0 Å². The van der Waals surface area contributed by atoms with Crippen molar-refractivity contribution in [1.82, 2.24) is 20.5 Å². The van der Waals surface area contributed by atoms with Crippen LogP contribution in [-0.2, 0) is 4.79 Å². The topological polar surface area (TPSA) is 70.7 Å². The molecule has 0 aromatic carbocycles. The standard InChI is InChI=1S/C11H17FN4O/c1-5-6(2)9-14-10(16-15-9)8(4)13-11(17)7(3)12/h6,8H,3,5H2,1-2,4H3,(H,13,17)(H,14,15,16). The van der Waals surface area contributed by atoms with Gasteiger partial charge in [0.2, 0.25) is 0 Å². The van der Waals surface area contributed by atoms with Gasteiger partial charge in [-0.2, -0.15) is 5.10 Å². The molecule has 0 saturated carbocycles. The molecule has 2 atom stereocenters. The molecule has 2 N–H and O–H groups in total. The van der Waals surface area contributed by atoms with E-state index < -0.39 is 17.8 Å².